The van der Waals surface area contributed by atoms with Crippen molar-refractivity contribution in [1.29, 1.82) is 0 Å². The van der Waals surface area contributed by atoms with Crippen LogP contribution >= 0.6 is 0 Å². The Bertz CT molecular complexity index is 845. The number of carbonyl (C=O) groups is 1. The van der Waals surface area contributed by atoms with Crippen molar-refractivity contribution in [2.24, 2.45) is 0 Å². The Kier molecular flexibility index (Phi) is 6.57. The molecule has 6 nitrogen and oxygen atoms in total. The van der Waals surface area contributed by atoms with E-state index < -0.39 is 0 Å². The van der Waals surface area contributed by atoms with Crippen LogP contribution in [0, 0.1) is 0 Å². The highest BCUT2D eigenvalue weighted by Crippen LogP contribution is 2.20. The van der Waals surface area contributed by atoms with E-state index in [1.165, 1.54) is 5.56 Å². The lowest BCUT2D eigenvalue weighted by atomic mass is 10.1. The van der Waals surface area contributed by atoms with Gasteiger partial charge >= 0.3 is 0 Å². The van der Waals surface area contributed by atoms with Gasteiger partial charge < -0.3 is 14.6 Å². The average molecular weight is 365 g/mol. The minimum Gasteiger partial charge on any atom is -0.494 e. The van der Waals surface area contributed by atoms with Gasteiger partial charge in [0.2, 0.25) is 17.6 Å². The highest BCUT2D eigenvalue weighted by molar-refractivity contribution is 5.76. The Morgan fingerprint density at radius 2 is 1.85 bits per heavy atom. The van der Waals surface area contributed by atoms with Gasteiger partial charge in [0.15, 0.2) is 0 Å². The van der Waals surface area contributed by atoms with E-state index in [2.05, 4.69) is 15.5 Å². The second-order valence-electron chi connectivity index (χ2n) is 6.05. The summed E-state index contributed by atoms with van der Waals surface area (Å²) in [6.07, 6.45) is 1.55. The first-order valence-electron chi connectivity index (χ1n) is 9.11. The first kappa shape index (κ1) is 18.6. The Morgan fingerprint density at radius 1 is 1.07 bits per heavy atom. The molecule has 1 N–H and O–H groups in total. The summed E-state index contributed by atoms with van der Waals surface area (Å²) in [5.74, 6) is 1.75. The minimum atomic E-state index is -0.0215. The van der Waals surface area contributed by atoms with Crippen LogP contribution < -0.4 is 10.1 Å². The van der Waals surface area contributed by atoms with E-state index in [1.54, 1.807) is 0 Å². The first-order chi connectivity index (χ1) is 13.2. The second-order valence-corrected chi connectivity index (χ2v) is 6.05. The number of carbonyl (C=O) groups excluding carboxylic acids is 1. The van der Waals surface area contributed by atoms with Gasteiger partial charge in [0.25, 0.3) is 0 Å². The number of amides is 1. The number of hydrogen-bond acceptors (Lipinski definition) is 5. The predicted molar refractivity (Wildman–Crippen MR) is 102 cm³/mol. The maximum atomic E-state index is 12.0. The normalized spacial score (nSPS) is 10.6. The number of aryl methyl sites for hydroxylation is 1. The largest absolute Gasteiger partial charge is 0.494 e. The molecule has 0 saturated heterocycles. The van der Waals surface area contributed by atoms with Gasteiger partial charge in [0.05, 0.1) is 6.61 Å². The summed E-state index contributed by atoms with van der Waals surface area (Å²) in [4.78, 5) is 16.3. The number of rotatable bonds is 9. The summed E-state index contributed by atoms with van der Waals surface area (Å²) in [6, 6.07) is 17.6. The van der Waals surface area contributed by atoms with Crippen LogP contribution in [0.15, 0.2) is 59.1 Å². The van der Waals surface area contributed by atoms with Crippen molar-refractivity contribution >= 4 is 5.91 Å². The van der Waals surface area contributed by atoms with Gasteiger partial charge in [-0.2, -0.15) is 4.98 Å². The minimum absolute atomic E-state index is 0.0215. The molecule has 0 aliphatic rings. The number of nitrogens with zero attached hydrogens (tertiary/aromatic N) is 2. The standard InChI is InChI=1S/C21H23N3O3/c1-2-26-18-10-8-17(9-11-18)21-23-20(27-24-21)13-12-19(25)22-15-14-16-6-4-3-5-7-16/h3-11H,2,12-15H2,1H3,(H,22,25). The van der Waals surface area contributed by atoms with Gasteiger partial charge in [0.1, 0.15) is 5.75 Å². The molecule has 0 saturated carbocycles. The monoisotopic (exact) mass is 365 g/mol. The van der Waals surface area contributed by atoms with Gasteiger partial charge in [-0.25, -0.2) is 0 Å². The molecule has 0 fully saturated rings. The predicted octanol–water partition coefficient (Wildman–Crippen LogP) is 3.43. The van der Waals surface area contributed by atoms with E-state index in [0.717, 1.165) is 17.7 Å². The summed E-state index contributed by atoms with van der Waals surface area (Å²) < 4.78 is 10.7. The Hall–Kier alpha value is -3.15. The Morgan fingerprint density at radius 3 is 2.59 bits per heavy atom. The zero-order valence-corrected chi connectivity index (χ0v) is 15.4. The van der Waals surface area contributed by atoms with E-state index in [9.17, 15) is 4.79 Å². The molecule has 2 aromatic carbocycles. The number of nitrogens with one attached hydrogen (secondary N) is 1. The molecule has 27 heavy (non-hydrogen) atoms. The van der Waals surface area contributed by atoms with Crippen LogP contribution in [0.25, 0.3) is 11.4 Å². The SMILES string of the molecule is CCOc1ccc(-c2noc(CCC(=O)NCCc3ccccc3)n2)cc1. The van der Waals surface area contributed by atoms with Gasteiger partial charge in [-0.3, -0.25) is 4.79 Å². The van der Waals surface area contributed by atoms with Crippen LogP contribution in [-0.2, 0) is 17.6 Å². The molecule has 0 unspecified atom stereocenters. The molecular formula is C21H23N3O3. The third kappa shape index (κ3) is 5.67. The van der Waals surface area contributed by atoms with Gasteiger partial charge in [-0.05, 0) is 43.2 Å². The molecule has 0 bridgehead atoms. The van der Waals surface area contributed by atoms with Crippen LogP contribution in [0.3, 0.4) is 0 Å². The van der Waals surface area contributed by atoms with E-state index >= 15 is 0 Å². The quantitative estimate of drug-likeness (QED) is 0.629. The van der Waals surface area contributed by atoms with Crippen molar-refractivity contribution in [1.82, 2.24) is 15.5 Å². The molecule has 0 spiro atoms. The zero-order valence-electron chi connectivity index (χ0n) is 15.4. The average Bonchev–Trinajstić information content (AvgIpc) is 3.17. The van der Waals surface area contributed by atoms with Gasteiger partial charge in [-0.1, -0.05) is 35.5 Å². The van der Waals surface area contributed by atoms with Crippen LogP contribution in [0.5, 0.6) is 5.75 Å². The van der Waals surface area contributed by atoms with Crippen LogP contribution in [0.4, 0.5) is 0 Å². The fourth-order valence-corrected chi connectivity index (χ4v) is 2.64. The molecule has 0 aliphatic carbocycles. The first-order valence-corrected chi connectivity index (χ1v) is 9.11. The summed E-state index contributed by atoms with van der Waals surface area (Å²) >= 11 is 0. The highest BCUT2D eigenvalue weighted by Gasteiger charge is 2.11. The fraction of sp³-hybridized carbons (Fsp3) is 0.286. The lowest BCUT2D eigenvalue weighted by Gasteiger charge is -2.04. The molecule has 6 heteroatoms. The molecule has 1 heterocycles. The van der Waals surface area contributed by atoms with E-state index in [4.69, 9.17) is 9.26 Å². The smallest absolute Gasteiger partial charge is 0.227 e. The van der Waals surface area contributed by atoms with Gasteiger partial charge in [-0.15, -0.1) is 0 Å². The number of ether oxygens (including phenoxy) is 1. The summed E-state index contributed by atoms with van der Waals surface area (Å²) in [7, 11) is 0. The van der Waals surface area contributed by atoms with Gasteiger partial charge in [0, 0.05) is 24.9 Å². The second kappa shape index (κ2) is 9.52. The van der Waals surface area contributed by atoms with E-state index in [1.807, 2.05) is 61.5 Å². The fourth-order valence-electron chi connectivity index (χ4n) is 2.64. The topological polar surface area (TPSA) is 77.2 Å². The van der Waals surface area contributed by atoms with Crippen LogP contribution in [-0.4, -0.2) is 29.2 Å². The number of benzene rings is 2. The summed E-state index contributed by atoms with van der Waals surface area (Å²) in [5.41, 5.74) is 2.05. The summed E-state index contributed by atoms with van der Waals surface area (Å²) in [5, 5.41) is 6.90. The lowest BCUT2D eigenvalue weighted by molar-refractivity contribution is -0.121. The molecule has 0 radical (unpaired) electrons. The number of hydrogen-bond donors (Lipinski definition) is 1. The van der Waals surface area contributed by atoms with Crippen LogP contribution in [0.2, 0.25) is 0 Å². The number of aromatic nitrogens is 2. The van der Waals surface area contributed by atoms with Crippen molar-refractivity contribution in [2.45, 2.75) is 26.2 Å². The molecule has 140 valence electrons. The van der Waals surface area contributed by atoms with E-state index in [-0.39, 0.29) is 5.91 Å². The summed E-state index contributed by atoms with van der Waals surface area (Å²) in [6.45, 7) is 3.18. The third-order valence-corrected chi connectivity index (χ3v) is 4.04. The van der Waals surface area contributed by atoms with Crippen molar-refractivity contribution in [3.05, 3.63) is 66.1 Å². The maximum Gasteiger partial charge on any atom is 0.227 e. The maximum absolute atomic E-state index is 12.0. The van der Waals surface area contributed by atoms with Crippen molar-refractivity contribution in [3.8, 4) is 17.1 Å². The van der Waals surface area contributed by atoms with Crippen molar-refractivity contribution in [2.75, 3.05) is 13.2 Å². The molecule has 1 amide bonds. The van der Waals surface area contributed by atoms with E-state index in [0.29, 0.717) is 37.7 Å². The molecular weight excluding hydrogens is 342 g/mol. The molecule has 0 aliphatic heterocycles. The molecule has 0 atom stereocenters. The molecule has 3 rings (SSSR count). The van der Waals surface area contributed by atoms with Crippen molar-refractivity contribution in [3.63, 3.8) is 0 Å². The third-order valence-electron chi connectivity index (χ3n) is 4.04. The van der Waals surface area contributed by atoms with Crippen LogP contribution in [0.1, 0.15) is 24.8 Å². The molecule has 3 aromatic rings. The Balaban J connectivity index is 1.44. The lowest BCUT2D eigenvalue weighted by Crippen LogP contribution is -2.25. The van der Waals surface area contributed by atoms with Crippen molar-refractivity contribution < 1.29 is 14.1 Å². The highest BCUT2D eigenvalue weighted by atomic mass is 16.5. The zero-order chi connectivity index (χ0) is 18.9. The Labute approximate surface area is 158 Å². The molecule has 1 aromatic heterocycles.